The van der Waals surface area contributed by atoms with Crippen molar-refractivity contribution in [3.05, 3.63) is 35.4 Å². The molecule has 0 saturated carbocycles. The molecule has 0 unspecified atom stereocenters. The number of hydrogen-bond acceptors (Lipinski definition) is 3. The molecule has 0 atom stereocenters. The highest BCUT2D eigenvalue weighted by Crippen LogP contribution is 2.17. The quantitative estimate of drug-likeness (QED) is 0.663. The lowest BCUT2D eigenvalue weighted by Crippen LogP contribution is -2.49. The first kappa shape index (κ1) is 25.6. The Balaban J connectivity index is 0.00000198. The molecule has 1 saturated heterocycles. The van der Waals surface area contributed by atoms with Crippen LogP contribution >= 0.6 is 0 Å². The van der Waals surface area contributed by atoms with E-state index in [0.717, 1.165) is 52.1 Å². The number of carbonyl (C=O) groups is 1. The maximum Gasteiger partial charge on any atom is 0.234 e. The van der Waals surface area contributed by atoms with Gasteiger partial charge in [0.1, 0.15) is 0 Å². The molecular weight excluding hydrogens is 358 g/mol. The fraction of sp³-hybridized carbons (Fsp3) is 0.720. The molecule has 1 aromatic rings. The summed E-state index contributed by atoms with van der Waals surface area (Å²) in [6.45, 7) is 19.4. The Morgan fingerprint density at radius 3 is 2.00 bits per heavy atom. The lowest BCUT2D eigenvalue weighted by Gasteiger charge is -2.34. The Hall–Kier alpha value is -1.39. The first-order valence-corrected chi connectivity index (χ1v) is 11.6. The van der Waals surface area contributed by atoms with Gasteiger partial charge in [0, 0.05) is 40.7 Å². The second-order valence-electron chi connectivity index (χ2n) is 9.49. The van der Waals surface area contributed by atoms with E-state index in [0.29, 0.717) is 6.54 Å². The van der Waals surface area contributed by atoms with E-state index in [9.17, 15) is 4.79 Å². The highest BCUT2D eigenvalue weighted by atomic mass is 16.2. The molecule has 1 heterocycles. The lowest BCUT2D eigenvalue weighted by molar-refractivity contribution is -0.122. The van der Waals surface area contributed by atoms with Crippen LogP contribution in [0.5, 0.6) is 0 Å². The minimum Gasteiger partial charge on any atom is -0.355 e. The van der Waals surface area contributed by atoms with E-state index >= 15 is 0 Å². The monoisotopic (exact) mass is 405 g/mol. The summed E-state index contributed by atoms with van der Waals surface area (Å²) in [5.41, 5.74) is 3.09. The summed E-state index contributed by atoms with van der Waals surface area (Å²) in [6.07, 6.45) is 4.63. The van der Waals surface area contributed by atoms with Crippen LogP contribution in [0.3, 0.4) is 0 Å². The molecule has 4 heteroatoms. The second kappa shape index (κ2) is 13.8. The third kappa shape index (κ3) is 12.0. The fourth-order valence-electron chi connectivity index (χ4n) is 3.30. The summed E-state index contributed by atoms with van der Waals surface area (Å²) in [4.78, 5) is 16.8. The topological polar surface area (TPSA) is 35.6 Å². The molecule has 168 valence electrons. The molecule has 0 aromatic heterocycles. The van der Waals surface area contributed by atoms with Gasteiger partial charge >= 0.3 is 0 Å². The van der Waals surface area contributed by atoms with E-state index in [-0.39, 0.29) is 12.7 Å². The van der Waals surface area contributed by atoms with Crippen molar-refractivity contribution in [2.24, 2.45) is 5.41 Å². The van der Waals surface area contributed by atoms with E-state index in [4.69, 9.17) is 0 Å². The molecule has 0 radical (unpaired) electrons. The van der Waals surface area contributed by atoms with Gasteiger partial charge in [-0.25, -0.2) is 0 Å². The van der Waals surface area contributed by atoms with Crippen molar-refractivity contribution in [3.63, 3.8) is 0 Å². The smallest absolute Gasteiger partial charge is 0.234 e. The second-order valence-corrected chi connectivity index (χ2v) is 9.49. The van der Waals surface area contributed by atoms with Gasteiger partial charge in [0.25, 0.3) is 0 Å². The van der Waals surface area contributed by atoms with Crippen LogP contribution in [0.2, 0.25) is 0 Å². The third-order valence-electron chi connectivity index (χ3n) is 5.00. The first-order chi connectivity index (χ1) is 13.8. The van der Waals surface area contributed by atoms with Crippen molar-refractivity contribution in [1.29, 1.82) is 0 Å². The molecule has 1 fully saturated rings. The Morgan fingerprint density at radius 1 is 0.966 bits per heavy atom. The van der Waals surface area contributed by atoms with Crippen LogP contribution < -0.4 is 5.32 Å². The van der Waals surface area contributed by atoms with Crippen molar-refractivity contribution in [2.45, 2.75) is 73.8 Å². The van der Waals surface area contributed by atoms with Crippen molar-refractivity contribution >= 4 is 5.91 Å². The van der Waals surface area contributed by atoms with Crippen molar-refractivity contribution in [3.8, 4) is 0 Å². The summed E-state index contributed by atoms with van der Waals surface area (Å²) in [5, 5.41) is 3.06. The van der Waals surface area contributed by atoms with Crippen molar-refractivity contribution in [2.75, 3.05) is 39.3 Å². The highest BCUT2D eigenvalue weighted by molar-refractivity contribution is 5.77. The van der Waals surface area contributed by atoms with E-state index in [1.54, 1.807) is 0 Å². The van der Waals surface area contributed by atoms with E-state index in [1.165, 1.54) is 24.0 Å². The molecule has 1 N–H and O–H groups in total. The number of hydrogen-bond donors (Lipinski definition) is 1. The van der Waals surface area contributed by atoms with Crippen LogP contribution in [0.1, 0.15) is 73.4 Å². The molecule has 1 amide bonds. The Bertz CT molecular complexity index is 561. The first-order valence-electron chi connectivity index (χ1n) is 11.6. The van der Waals surface area contributed by atoms with Gasteiger partial charge in [-0.05, 0) is 29.4 Å². The zero-order valence-corrected chi connectivity index (χ0v) is 19.9. The SMILES string of the molecule is CCC.CCCc1ccc(CN2CCN(CC(=O)NCCC(C)(C)C)CC2)cc1.[HH]. The fourth-order valence-corrected chi connectivity index (χ4v) is 3.30. The number of nitrogens with zero attached hydrogens (tertiary/aromatic N) is 2. The Labute approximate surface area is 181 Å². The standard InChI is InChI=1S/C22H37N3O.C3H8.H2/c1-5-6-19-7-9-20(10-8-19)17-24-13-15-25(16-14-24)18-21(26)23-12-11-22(2,3)4;1-3-2;/h7-10H,5-6,11-18H2,1-4H3,(H,23,26);3H2,1-2H3;1H. The summed E-state index contributed by atoms with van der Waals surface area (Å²) < 4.78 is 0. The Morgan fingerprint density at radius 2 is 1.48 bits per heavy atom. The van der Waals surface area contributed by atoms with Gasteiger partial charge in [0.2, 0.25) is 5.91 Å². The molecule has 2 rings (SSSR count). The molecule has 0 aliphatic carbocycles. The molecule has 0 spiro atoms. The zero-order valence-electron chi connectivity index (χ0n) is 19.9. The summed E-state index contributed by atoms with van der Waals surface area (Å²) >= 11 is 0. The molecule has 1 aliphatic heterocycles. The number of nitrogens with one attached hydrogen (secondary N) is 1. The highest BCUT2D eigenvalue weighted by Gasteiger charge is 2.19. The number of rotatable bonds is 8. The number of aryl methyl sites for hydroxylation is 1. The van der Waals surface area contributed by atoms with Crippen LogP contribution in [-0.2, 0) is 17.8 Å². The normalized spacial score (nSPS) is 15.5. The van der Waals surface area contributed by atoms with Crippen LogP contribution in [0, 0.1) is 5.41 Å². The molecule has 4 nitrogen and oxygen atoms in total. The van der Waals surface area contributed by atoms with Crippen LogP contribution in [0.15, 0.2) is 24.3 Å². The minimum atomic E-state index is 0. The third-order valence-corrected chi connectivity index (χ3v) is 5.00. The summed E-state index contributed by atoms with van der Waals surface area (Å²) in [6, 6.07) is 9.05. The summed E-state index contributed by atoms with van der Waals surface area (Å²) in [5.74, 6) is 0.161. The van der Waals surface area contributed by atoms with Gasteiger partial charge in [0.05, 0.1) is 6.54 Å². The predicted octanol–water partition coefficient (Wildman–Crippen LogP) is 4.97. The van der Waals surface area contributed by atoms with Gasteiger partial charge in [-0.1, -0.05) is 78.6 Å². The van der Waals surface area contributed by atoms with Gasteiger partial charge in [-0.3, -0.25) is 14.6 Å². The summed E-state index contributed by atoms with van der Waals surface area (Å²) in [7, 11) is 0. The molecule has 29 heavy (non-hydrogen) atoms. The predicted molar refractivity (Wildman–Crippen MR) is 127 cm³/mol. The van der Waals surface area contributed by atoms with Gasteiger partial charge in [-0.15, -0.1) is 0 Å². The van der Waals surface area contributed by atoms with Crippen molar-refractivity contribution < 1.29 is 6.22 Å². The number of carbonyl (C=O) groups excluding carboxylic acids is 1. The average molecular weight is 406 g/mol. The van der Waals surface area contributed by atoms with E-state index < -0.39 is 0 Å². The Kier molecular flexibility index (Phi) is 12.2. The van der Waals surface area contributed by atoms with E-state index in [2.05, 4.69) is 80.9 Å². The van der Waals surface area contributed by atoms with E-state index in [1.807, 2.05) is 0 Å². The number of amides is 1. The van der Waals surface area contributed by atoms with Crippen LogP contribution in [-0.4, -0.2) is 55.0 Å². The largest absolute Gasteiger partial charge is 0.355 e. The van der Waals surface area contributed by atoms with Gasteiger partial charge in [-0.2, -0.15) is 0 Å². The molecule has 1 aliphatic rings. The minimum absolute atomic E-state index is 0. The van der Waals surface area contributed by atoms with Gasteiger partial charge < -0.3 is 5.32 Å². The lowest BCUT2D eigenvalue weighted by atomic mass is 9.92. The van der Waals surface area contributed by atoms with Crippen molar-refractivity contribution in [1.82, 2.24) is 15.1 Å². The maximum atomic E-state index is 12.1. The maximum absolute atomic E-state index is 12.1. The van der Waals surface area contributed by atoms with Crippen LogP contribution in [0.4, 0.5) is 0 Å². The molecule has 1 aromatic carbocycles. The number of benzene rings is 1. The molecular formula is C25H47N3O. The molecule has 0 bridgehead atoms. The van der Waals surface area contributed by atoms with Crippen LogP contribution in [0.25, 0.3) is 0 Å². The zero-order chi connectivity index (χ0) is 21.7. The van der Waals surface area contributed by atoms with Gasteiger partial charge in [0.15, 0.2) is 0 Å². The average Bonchev–Trinajstić information content (AvgIpc) is 2.65. The number of piperazine rings is 1.